The van der Waals surface area contributed by atoms with Gasteiger partial charge in [-0.2, -0.15) is 0 Å². The highest BCUT2D eigenvalue weighted by Gasteiger charge is 2.33. The molecule has 3 aromatic rings. The summed E-state index contributed by atoms with van der Waals surface area (Å²) in [6.07, 6.45) is 5.52. The molecule has 2 aromatic carbocycles. The van der Waals surface area contributed by atoms with Gasteiger partial charge in [-0.25, -0.2) is 0 Å². The van der Waals surface area contributed by atoms with Gasteiger partial charge in [-0.05, 0) is 59.7 Å². The van der Waals surface area contributed by atoms with Gasteiger partial charge in [0, 0.05) is 17.5 Å². The molecule has 1 saturated carbocycles. The third-order valence-corrected chi connectivity index (χ3v) is 7.33. The van der Waals surface area contributed by atoms with Crippen molar-refractivity contribution in [2.45, 2.75) is 57.2 Å². The van der Waals surface area contributed by atoms with Crippen molar-refractivity contribution in [2.24, 2.45) is 0 Å². The molecule has 2 N–H and O–H groups in total. The second-order valence-electron chi connectivity index (χ2n) is 8.96. The van der Waals surface area contributed by atoms with Gasteiger partial charge in [0.2, 0.25) is 11.8 Å². The van der Waals surface area contributed by atoms with E-state index in [1.165, 1.54) is 17.8 Å². The van der Waals surface area contributed by atoms with Crippen molar-refractivity contribution in [2.75, 3.05) is 7.11 Å². The van der Waals surface area contributed by atoms with E-state index in [9.17, 15) is 14.7 Å². The van der Waals surface area contributed by atoms with Gasteiger partial charge in [0.05, 0.1) is 13.5 Å². The Kier molecular flexibility index (Phi) is 8.42. The first-order valence-electron chi connectivity index (χ1n) is 12.1. The van der Waals surface area contributed by atoms with E-state index in [0.29, 0.717) is 5.56 Å². The quantitative estimate of drug-likeness (QED) is 0.429. The van der Waals surface area contributed by atoms with Crippen LogP contribution in [0.4, 0.5) is 0 Å². The molecular weight excluding hydrogens is 460 g/mol. The van der Waals surface area contributed by atoms with E-state index in [1.54, 1.807) is 36.3 Å². The summed E-state index contributed by atoms with van der Waals surface area (Å²) in [5.74, 6) is 0.540. The van der Waals surface area contributed by atoms with Crippen LogP contribution in [0.5, 0.6) is 11.5 Å². The fourth-order valence-electron chi connectivity index (χ4n) is 4.57. The van der Waals surface area contributed by atoms with E-state index < -0.39 is 6.04 Å². The Hall–Kier alpha value is -3.32. The Morgan fingerprint density at radius 2 is 1.77 bits per heavy atom. The monoisotopic (exact) mass is 492 g/mol. The number of rotatable bonds is 9. The highest BCUT2D eigenvalue weighted by Crippen LogP contribution is 2.28. The molecule has 2 amide bonds. The number of benzene rings is 2. The van der Waals surface area contributed by atoms with Crippen LogP contribution < -0.4 is 10.1 Å². The second-order valence-corrected chi connectivity index (χ2v) is 10.00. The lowest BCUT2D eigenvalue weighted by molar-refractivity contribution is -0.141. The first kappa shape index (κ1) is 24.8. The molecule has 1 fully saturated rings. The van der Waals surface area contributed by atoms with Crippen LogP contribution in [0.15, 0.2) is 66.0 Å². The lowest BCUT2D eigenvalue weighted by Crippen LogP contribution is -2.47. The van der Waals surface area contributed by atoms with Gasteiger partial charge in [-0.3, -0.25) is 9.59 Å². The molecule has 0 bridgehead atoms. The van der Waals surface area contributed by atoms with Crippen LogP contribution in [0.2, 0.25) is 0 Å². The third kappa shape index (κ3) is 6.63. The van der Waals surface area contributed by atoms with E-state index in [-0.39, 0.29) is 36.6 Å². The minimum atomic E-state index is -0.813. The summed E-state index contributed by atoms with van der Waals surface area (Å²) >= 11 is 1.53. The molecule has 35 heavy (non-hydrogen) atoms. The van der Waals surface area contributed by atoms with Crippen LogP contribution in [-0.2, 0) is 22.6 Å². The van der Waals surface area contributed by atoms with Gasteiger partial charge < -0.3 is 20.1 Å². The first-order chi connectivity index (χ1) is 17.0. The summed E-state index contributed by atoms with van der Waals surface area (Å²) in [6.45, 7) is 0.276. The Labute approximate surface area is 210 Å². The zero-order valence-corrected chi connectivity index (χ0v) is 20.8. The van der Waals surface area contributed by atoms with E-state index >= 15 is 0 Å². The van der Waals surface area contributed by atoms with E-state index in [1.807, 2.05) is 41.8 Å². The van der Waals surface area contributed by atoms with Gasteiger partial charge in [0.1, 0.15) is 17.5 Å². The predicted octanol–water partition coefficient (Wildman–Crippen LogP) is 5.22. The number of phenols is 1. The maximum absolute atomic E-state index is 13.8. The van der Waals surface area contributed by atoms with E-state index in [2.05, 4.69) is 5.32 Å². The number of hydrogen-bond acceptors (Lipinski definition) is 5. The van der Waals surface area contributed by atoms with Gasteiger partial charge >= 0.3 is 0 Å². The standard InChI is InChI=1S/C28H32N2O4S/c1-34-24-15-9-20(10-16-24)19-30(26(32)18-25-8-5-17-35-25)27(21-11-13-23(31)14-12-21)28(33)29-22-6-3-2-4-7-22/h5,8-17,22,27,31H,2-4,6-7,18-19H2,1H3,(H,29,33)/t27-/m0/s1. The summed E-state index contributed by atoms with van der Waals surface area (Å²) in [4.78, 5) is 30.1. The number of nitrogens with one attached hydrogen (secondary N) is 1. The number of carbonyl (C=O) groups is 2. The molecule has 0 saturated heterocycles. The molecule has 0 radical (unpaired) electrons. The Bertz CT molecular complexity index is 1090. The SMILES string of the molecule is COc1ccc(CN(C(=O)Cc2cccs2)[C@H](C(=O)NC2CCCCC2)c2ccc(O)cc2)cc1. The number of aromatic hydroxyl groups is 1. The zero-order valence-electron chi connectivity index (χ0n) is 20.0. The Balaban J connectivity index is 1.68. The van der Waals surface area contributed by atoms with Crippen molar-refractivity contribution in [3.63, 3.8) is 0 Å². The van der Waals surface area contributed by atoms with Crippen molar-refractivity contribution < 1.29 is 19.4 Å². The van der Waals surface area contributed by atoms with Crippen molar-refractivity contribution in [1.82, 2.24) is 10.2 Å². The fourth-order valence-corrected chi connectivity index (χ4v) is 5.27. The Morgan fingerprint density at radius 3 is 2.40 bits per heavy atom. The third-order valence-electron chi connectivity index (χ3n) is 6.46. The van der Waals surface area contributed by atoms with Crippen LogP contribution >= 0.6 is 11.3 Å². The molecule has 0 spiro atoms. The molecule has 1 aromatic heterocycles. The summed E-state index contributed by atoms with van der Waals surface area (Å²) in [6, 6.07) is 17.3. The maximum atomic E-state index is 13.8. The van der Waals surface area contributed by atoms with Gasteiger partial charge in [0.25, 0.3) is 0 Å². The number of ether oxygens (including phenoxy) is 1. The number of methoxy groups -OCH3 is 1. The minimum absolute atomic E-state index is 0.117. The summed E-state index contributed by atoms with van der Waals surface area (Å²) in [7, 11) is 1.61. The average molecular weight is 493 g/mol. The van der Waals surface area contributed by atoms with Crippen LogP contribution in [0.1, 0.15) is 54.1 Å². The van der Waals surface area contributed by atoms with Gasteiger partial charge in [-0.15, -0.1) is 11.3 Å². The van der Waals surface area contributed by atoms with Gasteiger partial charge in [0.15, 0.2) is 0 Å². The second kappa shape index (κ2) is 11.9. The van der Waals surface area contributed by atoms with Crippen LogP contribution in [0.3, 0.4) is 0 Å². The fraction of sp³-hybridized carbons (Fsp3) is 0.357. The Morgan fingerprint density at radius 1 is 1.06 bits per heavy atom. The molecule has 4 rings (SSSR count). The lowest BCUT2D eigenvalue weighted by Gasteiger charge is -2.33. The van der Waals surface area contributed by atoms with Crippen LogP contribution in [-0.4, -0.2) is 35.0 Å². The minimum Gasteiger partial charge on any atom is -0.508 e. The van der Waals surface area contributed by atoms with Gasteiger partial charge in [-0.1, -0.05) is 49.6 Å². The number of amides is 2. The molecule has 7 heteroatoms. The van der Waals surface area contributed by atoms with E-state index in [0.717, 1.165) is 41.9 Å². The maximum Gasteiger partial charge on any atom is 0.247 e. The number of carbonyl (C=O) groups excluding carboxylic acids is 2. The van der Waals surface area contributed by atoms with Crippen LogP contribution in [0.25, 0.3) is 0 Å². The highest BCUT2D eigenvalue weighted by molar-refractivity contribution is 7.10. The summed E-state index contributed by atoms with van der Waals surface area (Å²) in [5, 5.41) is 15.0. The van der Waals surface area contributed by atoms with Crippen LogP contribution in [0, 0.1) is 0 Å². The molecule has 1 atom stereocenters. The van der Waals surface area contributed by atoms with Crippen molar-refractivity contribution >= 4 is 23.2 Å². The number of hydrogen-bond donors (Lipinski definition) is 2. The molecular formula is C28H32N2O4S. The van der Waals surface area contributed by atoms with E-state index in [4.69, 9.17) is 4.74 Å². The smallest absolute Gasteiger partial charge is 0.247 e. The topological polar surface area (TPSA) is 78.9 Å². The molecule has 1 heterocycles. The number of phenolic OH excluding ortho intramolecular Hbond substituents is 1. The first-order valence-corrected chi connectivity index (χ1v) is 13.0. The number of nitrogens with zero attached hydrogens (tertiary/aromatic N) is 1. The average Bonchev–Trinajstić information content (AvgIpc) is 3.39. The molecule has 1 aliphatic rings. The largest absolute Gasteiger partial charge is 0.508 e. The molecule has 6 nitrogen and oxygen atoms in total. The summed E-state index contributed by atoms with van der Waals surface area (Å²) in [5.41, 5.74) is 1.57. The van der Waals surface area contributed by atoms with Crippen molar-refractivity contribution in [1.29, 1.82) is 0 Å². The predicted molar refractivity (Wildman–Crippen MR) is 137 cm³/mol. The van der Waals surface area contributed by atoms with Crippen molar-refractivity contribution in [3.8, 4) is 11.5 Å². The zero-order chi connectivity index (χ0) is 24.6. The molecule has 1 aliphatic carbocycles. The molecule has 184 valence electrons. The number of thiophene rings is 1. The normalized spacial score (nSPS) is 14.8. The summed E-state index contributed by atoms with van der Waals surface area (Å²) < 4.78 is 5.28. The molecule has 0 aliphatic heterocycles. The van der Waals surface area contributed by atoms with Crippen molar-refractivity contribution in [3.05, 3.63) is 82.0 Å². The lowest BCUT2D eigenvalue weighted by atomic mass is 9.94. The molecule has 0 unspecified atom stereocenters. The highest BCUT2D eigenvalue weighted by atomic mass is 32.1.